The molecule has 1 aromatic rings. The molecular formula is C20H29NO4. The normalized spacial score (nSPS) is 26.9. The molecule has 25 heavy (non-hydrogen) atoms. The van der Waals surface area contributed by atoms with Gasteiger partial charge in [-0.15, -0.1) is 0 Å². The first-order valence-electron chi connectivity index (χ1n) is 9.35. The molecule has 0 saturated carbocycles. The summed E-state index contributed by atoms with van der Waals surface area (Å²) in [5, 5.41) is 10.3. The summed E-state index contributed by atoms with van der Waals surface area (Å²) in [6.45, 7) is 5.93. The molecule has 0 spiro atoms. The second kappa shape index (κ2) is 8.19. The van der Waals surface area contributed by atoms with E-state index >= 15 is 0 Å². The van der Waals surface area contributed by atoms with Crippen LogP contribution in [0.4, 0.5) is 0 Å². The lowest BCUT2D eigenvalue weighted by molar-refractivity contribution is -0.135. The molecule has 138 valence electrons. The second-order valence-corrected chi connectivity index (χ2v) is 7.38. The maximum absolute atomic E-state index is 12.8. The quantitative estimate of drug-likeness (QED) is 0.889. The van der Waals surface area contributed by atoms with Gasteiger partial charge >= 0.3 is 0 Å². The number of hydrogen-bond donors (Lipinski definition) is 1. The summed E-state index contributed by atoms with van der Waals surface area (Å²) in [6.07, 6.45) is 2.79. The molecule has 1 aromatic carbocycles. The van der Waals surface area contributed by atoms with Gasteiger partial charge in [-0.05, 0) is 50.8 Å². The van der Waals surface area contributed by atoms with E-state index in [0.29, 0.717) is 26.1 Å². The number of ether oxygens (including phenoxy) is 2. The van der Waals surface area contributed by atoms with Crippen molar-refractivity contribution in [1.29, 1.82) is 0 Å². The first-order valence-corrected chi connectivity index (χ1v) is 9.35. The van der Waals surface area contributed by atoms with Crippen LogP contribution < -0.4 is 4.74 Å². The summed E-state index contributed by atoms with van der Waals surface area (Å²) in [6, 6.07) is 7.86. The number of benzene rings is 1. The zero-order valence-electron chi connectivity index (χ0n) is 15.2. The van der Waals surface area contributed by atoms with Gasteiger partial charge in [0, 0.05) is 25.1 Å². The van der Waals surface area contributed by atoms with Gasteiger partial charge in [0.25, 0.3) is 0 Å². The summed E-state index contributed by atoms with van der Waals surface area (Å²) in [5.74, 6) is 1.01. The maximum atomic E-state index is 12.8. The Balaban J connectivity index is 1.61. The van der Waals surface area contributed by atoms with Gasteiger partial charge < -0.3 is 19.5 Å². The molecule has 1 amide bonds. The third-order valence-corrected chi connectivity index (χ3v) is 5.13. The standard InChI is InChI=1S/C20H29NO4/c1-14(2)25-16-7-5-15(6-8-16)12-20(23)21-10-3-4-18(21)17-13-24-11-9-19(17)22/h5-8,14,17-19,22H,3-4,9-13H2,1-2H3/t17-,18+,19+/m0/s1. The van der Waals surface area contributed by atoms with E-state index in [1.807, 2.05) is 43.0 Å². The van der Waals surface area contributed by atoms with Gasteiger partial charge in [0.05, 0.1) is 25.2 Å². The summed E-state index contributed by atoms with van der Waals surface area (Å²) >= 11 is 0. The largest absolute Gasteiger partial charge is 0.491 e. The van der Waals surface area contributed by atoms with Gasteiger partial charge in [-0.2, -0.15) is 0 Å². The molecule has 5 heteroatoms. The maximum Gasteiger partial charge on any atom is 0.227 e. The van der Waals surface area contributed by atoms with Crippen molar-refractivity contribution in [2.24, 2.45) is 5.92 Å². The lowest BCUT2D eigenvalue weighted by Crippen LogP contribution is -2.48. The van der Waals surface area contributed by atoms with Crippen LogP contribution in [-0.4, -0.2) is 53.9 Å². The minimum Gasteiger partial charge on any atom is -0.491 e. The Hall–Kier alpha value is -1.59. The summed E-state index contributed by atoms with van der Waals surface area (Å²) < 4.78 is 11.2. The van der Waals surface area contributed by atoms with Crippen molar-refractivity contribution in [2.45, 2.75) is 57.8 Å². The zero-order chi connectivity index (χ0) is 17.8. The Morgan fingerprint density at radius 1 is 1.32 bits per heavy atom. The van der Waals surface area contributed by atoms with E-state index < -0.39 is 0 Å². The van der Waals surface area contributed by atoms with Crippen LogP contribution in [0.25, 0.3) is 0 Å². The van der Waals surface area contributed by atoms with Crippen LogP contribution in [0.3, 0.4) is 0 Å². The predicted molar refractivity (Wildman–Crippen MR) is 95.6 cm³/mol. The Labute approximate surface area is 149 Å². The number of rotatable bonds is 5. The van der Waals surface area contributed by atoms with Crippen LogP contribution in [0.5, 0.6) is 5.75 Å². The van der Waals surface area contributed by atoms with Crippen molar-refractivity contribution >= 4 is 5.91 Å². The van der Waals surface area contributed by atoms with Crippen molar-refractivity contribution in [3.8, 4) is 5.75 Å². The molecule has 0 bridgehead atoms. The SMILES string of the molecule is CC(C)Oc1ccc(CC(=O)N2CCC[C@@H]2[C@@H]2COCC[C@H]2O)cc1. The smallest absolute Gasteiger partial charge is 0.227 e. The molecule has 2 fully saturated rings. The van der Waals surface area contributed by atoms with E-state index in [0.717, 1.165) is 30.7 Å². The molecule has 1 N–H and O–H groups in total. The minimum atomic E-state index is -0.361. The van der Waals surface area contributed by atoms with Gasteiger partial charge in [-0.25, -0.2) is 0 Å². The predicted octanol–water partition coefficient (Wildman–Crippen LogP) is 2.40. The zero-order valence-corrected chi connectivity index (χ0v) is 15.2. The number of aliphatic hydroxyl groups is 1. The van der Waals surface area contributed by atoms with E-state index in [9.17, 15) is 9.90 Å². The van der Waals surface area contributed by atoms with Crippen molar-refractivity contribution in [3.05, 3.63) is 29.8 Å². The van der Waals surface area contributed by atoms with Gasteiger partial charge in [0.1, 0.15) is 5.75 Å². The van der Waals surface area contributed by atoms with Crippen molar-refractivity contribution in [2.75, 3.05) is 19.8 Å². The molecule has 2 aliphatic rings. The van der Waals surface area contributed by atoms with E-state index in [1.54, 1.807) is 0 Å². The third-order valence-electron chi connectivity index (χ3n) is 5.13. The van der Waals surface area contributed by atoms with Crippen molar-refractivity contribution < 1.29 is 19.4 Å². The number of carbonyl (C=O) groups excluding carboxylic acids is 1. The molecular weight excluding hydrogens is 318 g/mol. The highest BCUT2D eigenvalue weighted by Gasteiger charge is 2.39. The molecule has 2 heterocycles. The van der Waals surface area contributed by atoms with Crippen molar-refractivity contribution in [3.63, 3.8) is 0 Å². The van der Waals surface area contributed by atoms with Gasteiger partial charge in [-0.3, -0.25) is 4.79 Å². The summed E-state index contributed by atoms with van der Waals surface area (Å²) in [4.78, 5) is 14.8. The lowest BCUT2D eigenvalue weighted by atomic mass is 9.89. The number of likely N-dealkylation sites (tertiary alicyclic amines) is 1. The fourth-order valence-electron chi connectivity index (χ4n) is 3.90. The highest BCUT2D eigenvalue weighted by Crippen LogP contribution is 2.30. The van der Waals surface area contributed by atoms with E-state index in [-0.39, 0.29) is 30.1 Å². The molecule has 2 aliphatic heterocycles. The monoisotopic (exact) mass is 347 g/mol. The molecule has 0 aliphatic carbocycles. The first-order chi connectivity index (χ1) is 12.0. The Kier molecular flexibility index (Phi) is 5.97. The van der Waals surface area contributed by atoms with Crippen molar-refractivity contribution in [1.82, 2.24) is 4.90 Å². The van der Waals surface area contributed by atoms with Gasteiger partial charge in [-0.1, -0.05) is 12.1 Å². The molecule has 3 rings (SSSR count). The average molecular weight is 347 g/mol. The number of aliphatic hydroxyl groups excluding tert-OH is 1. The number of amides is 1. The fourth-order valence-corrected chi connectivity index (χ4v) is 3.90. The van der Waals surface area contributed by atoms with E-state index in [4.69, 9.17) is 9.47 Å². The Morgan fingerprint density at radius 2 is 2.08 bits per heavy atom. The second-order valence-electron chi connectivity index (χ2n) is 7.38. The van der Waals surface area contributed by atoms with E-state index in [1.165, 1.54) is 0 Å². The topological polar surface area (TPSA) is 59.0 Å². The summed E-state index contributed by atoms with van der Waals surface area (Å²) in [7, 11) is 0. The molecule has 3 atom stereocenters. The molecule has 2 saturated heterocycles. The third kappa shape index (κ3) is 4.53. The van der Waals surface area contributed by atoms with Crippen LogP contribution in [0.2, 0.25) is 0 Å². The molecule has 5 nitrogen and oxygen atoms in total. The highest BCUT2D eigenvalue weighted by atomic mass is 16.5. The summed E-state index contributed by atoms with van der Waals surface area (Å²) in [5.41, 5.74) is 0.993. The van der Waals surface area contributed by atoms with E-state index in [2.05, 4.69) is 0 Å². The number of nitrogens with zero attached hydrogens (tertiary/aromatic N) is 1. The molecule has 0 radical (unpaired) electrons. The Bertz CT molecular complexity index is 572. The highest BCUT2D eigenvalue weighted by molar-refractivity contribution is 5.79. The van der Waals surface area contributed by atoms with Crippen LogP contribution in [-0.2, 0) is 16.0 Å². The van der Waals surface area contributed by atoms with Crippen LogP contribution in [0.15, 0.2) is 24.3 Å². The number of carbonyl (C=O) groups is 1. The van der Waals surface area contributed by atoms with Crippen LogP contribution >= 0.6 is 0 Å². The Morgan fingerprint density at radius 3 is 2.76 bits per heavy atom. The first kappa shape index (κ1) is 18.2. The van der Waals surface area contributed by atoms with Crippen LogP contribution in [0.1, 0.15) is 38.7 Å². The lowest BCUT2D eigenvalue weighted by Gasteiger charge is -2.37. The fraction of sp³-hybridized carbons (Fsp3) is 0.650. The number of hydrogen-bond acceptors (Lipinski definition) is 4. The average Bonchev–Trinajstić information content (AvgIpc) is 3.06. The van der Waals surface area contributed by atoms with Gasteiger partial charge in [0.15, 0.2) is 0 Å². The van der Waals surface area contributed by atoms with Gasteiger partial charge in [0.2, 0.25) is 5.91 Å². The minimum absolute atomic E-state index is 0.0435. The molecule has 0 aromatic heterocycles. The van der Waals surface area contributed by atoms with Crippen LogP contribution in [0, 0.1) is 5.92 Å². The molecule has 0 unspecified atom stereocenters.